The maximum atomic E-state index is 12.1. The van der Waals surface area contributed by atoms with Gasteiger partial charge >= 0.3 is 0 Å². The number of nitrogens with one attached hydrogen (secondary N) is 1. The molecule has 0 bridgehead atoms. The summed E-state index contributed by atoms with van der Waals surface area (Å²) in [6, 6.07) is 6.80. The molecular weight excluding hydrogens is 304 g/mol. The van der Waals surface area contributed by atoms with Crippen molar-refractivity contribution in [1.29, 1.82) is 0 Å². The van der Waals surface area contributed by atoms with Crippen LogP contribution in [0.15, 0.2) is 24.3 Å². The average molecular weight is 325 g/mol. The first-order valence-electron chi connectivity index (χ1n) is 6.94. The number of hydrogen-bond acceptors (Lipinski definition) is 5. The van der Waals surface area contributed by atoms with E-state index in [0.717, 1.165) is 12.1 Å². The Morgan fingerprint density at radius 2 is 2.18 bits per heavy atom. The fourth-order valence-electron chi connectivity index (χ4n) is 1.92. The summed E-state index contributed by atoms with van der Waals surface area (Å²) in [5.74, 6) is 0.625. The van der Waals surface area contributed by atoms with Crippen LogP contribution in [-0.2, 0) is 4.79 Å². The lowest BCUT2D eigenvalue weighted by atomic mass is 9.99. The lowest BCUT2D eigenvalue weighted by molar-refractivity contribution is -0.118. The van der Waals surface area contributed by atoms with Crippen molar-refractivity contribution in [2.24, 2.45) is 11.7 Å². The Kier molecular flexibility index (Phi) is 6.45. The number of halogens is 1. The van der Waals surface area contributed by atoms with Crippen molar-refractivity contribution in [3.63, 3.8) is 0 Å². The molecule has 1 aromatic carbocycles. The van der Waals surface area contributed by atoms with Crippen molar-refractivity contribution in [3.05, 3.63) is 30.1 Å². The molecule has 0 spiro atoms. The number of aryl methyl sites for hydroxylation is 1. The highest BCUT2D eigenvalue weighted by Crippen LogP contribution is 2.16. The molecule has 0 radical (unpaired) electrons. The SMILES string of the molecule is CCC(C)C(N)C(=O)Nc1cccc(-n2nnnc2C)c1.Cl. The van der Waals surface area contributed by atoms with Crippen LogP contribution in [0.25, 0.3) is 5.69 Å². The highest BCUT2D eigenvalue weighted by Gasteiger charge is 2.19. The smallest absolute Gasteiger partial charge is 0.241 e. The third kappa shape index (κ3) is 4.02. The summed E-state index contributed by atoms with van der Waals surface area (Å²) >= 11 is 0. The summed E-state index contributed by atoms with van der Waals surface area (Å²) in [5, 5.41) is 14.2. The Labute approximate surface area is 135 Å². The Morgan fingerprint density at radius 1 is 1.45 bits per heavy atom. The van der Waals surface area contributed by atoms with E-state index < -0.39 is 6.04 Å². The monoisotopic (exact) mass is 324 g/mol. The van der Waals surface area contributed by atoms with Gasteiger partial charge in [0, 0.05) is 5.69 Å². The number of anilines is 1. The minimum absolute atomic E-state index is 0. The van der Waals surface area contributed by atoms with Crippen molar-refractivity contribution < 1.29 is 4.79 Å². The maximum absolute atomic E-state index is 12.1. The molecule has 2 atom stereocenters. The van der Waals surface area contributed by atoms with Gasteiger partial charge in [-0.25, -0.2) is 0 Å². The minimum Gasteiger partial charge on any atom is -0.325 e. The number of nitrogens with zero attached hydrogens (tertiary/aromatic N) is 4. The first-order chi connectivity index (χ1) is 10.0. The quantitative estimate of drug-likeness (QED) is 0.872. The largest absolute Gasteiger partial charge is 0.325 e. The van der Waals surface area contributed by atoms with E-state index in [1.54, 1.807) is 4.68 Å². The van der Waals surface area contributed by atoms with Crippen molar-refractivity contribution in [2.45, 2.75) is 33.2 Å². The van der Waals surface area contributed by atoms with Crippen LogP contribution in [0.4, 0.5) is 5.69 Å². The predicted molar refractivity (Wildman–Crippen MR) is 87.2 cm³/mol. The first-order valence-corrected chi connectivity index (χ1v) is 6.94. The molecule has 1 amide bonds. The summed E-state index contributed by atoms with van der Waals surface area (Å²) in [6.45, 7) is 5.79. The Morgan fingerprint density at radius 3 is 2.77 bits per heavy atom. The van der Waals surface area contributed by atoms with Gasteiger partial charge in [0.15, 0.2) is 5.82 Å². The Balaban J connectivity index is 0.00000242. The van der Waals surface area contributed by atoms with Crippen LogP contribution in [0.3, 0.4) is 0 Å². The van der Waals surface area contributed by atoms with Crippen molar-refractivity contribution in [1.82, 2.24) is 20.2 Å². The van der Waals surface area contributed by atoms with E-state index in [1.807, 2.05) is 45.0 Å². The maximum Gasteiger partial charge on any atom is 0.241 e. The summed E-state index contributed by atoms with van der Waals surface area (Å²) < 4.78 is 1.60. The normalized spacial score (nSPS) is 13.1. The number of benzene rings is 1. The molecular formula is C14H21ClN6O. The molecule has 2 aromatic rings. The van der Waals surface area contributed by atoms with Crippen molar-refractivity contribution >= 4 is 24.0 Å². The van der Waals surface area contributed by atoms with E-state index in [9.17, 15) is 4.79 Å². The van der Waals surface area contributed by atoms with Gasteiger partial charge in [0.2, 0.25) is 5.91 Å². The number of amides is 1. The van der Waals surface area contributed by atoms with Crippen LogP contribution in [0.5, 0.6) is 0 Å². The van der Waals surface area contributed by atoms with Crippen molar-refractivity contribution in [2.75, 3.05) is 5.32 Å². The standard InChI is InChI=1S/C14H20N6O.ClH/c1-4-9(2)13(15)14(21)16-11-6-5-7-12(8-11)20-10(3)17-18-19-20;/h5-9,13H,4,15H2,1-3H3,(H,16,21);1H. The summed E-state index contributed by atoms with van der Waals surface area (Å²) in [7, 11) is 0. The van der Waals surface area contributed by atoms with E-state index in [4.69, 9.17) is 5.73 Å². The van der Waals surface area contributed by atoms with Gasteiger partial charge in [-0.1, -0.05) is 26.3 Å². The number of carbonyl (C=O) groups is 1. The van der Waals surface area contributed by atoms with Gasteiger partial charge in [-0.15, -0.1) is 17.5 Å². The lowest BCUT2D eigenvalue weighted by Gasteiger charge is -2.18. The second-order valence-corrected chi connectivity index (χ2v) is 5.09. The van der Waals surface area contributed by atoms with Crippen LogP contribution in [-0.4, -0.2) is 32.2 Å². The van der Waals surface area contributed by atoms with Crippen LogP contribution in [0, 0.1) is 12.8 Å². The molecule has 3 N–H and O–H groups in total. The molecule has 22 heavy (non-hydrogen) atoms. The predicted octanol–water partition coefficient (Wildman–Crippen LogP) is 1.70. The fourth-order valence-corrected chi connectivity index (χ4v) is 1.92. The van der Waals surface area contributed by atoms with E-state index in [-0.39, 0.29) is 24.2 Å². The lowest BCUT2D eigenvalue weighted by Crippen LogP contribution is -2.40. The first kappa shape index (κ1) is 18.1. The highest BCUT2D eigenvalue weighted by molar-refractivity contribution is 5.95. The van der Waals surface area contributed by atoms with Gasteiger partial charge in [0.05, 0.1) is 11.7 Å². The summed E-state index contributed by atoms with van der Waals surface area (Å²) in [4.78, 5) is 12.1. The van der Waals surface area contributed by atoms with Crippen molar-refractivity contribution in [3.8, 4) is 5.69 Å². The second-order valence-electron chi connectivity index (χ2n) is 5.09. The summed E-state index contributed by atoms with van der Waals surface area (Å²) in [5.41, 5.74) is 7.38. The molecule has 2 rings (SSSR count). The van der Waals surface area contributed by atoms with Gasteiger partial charge in [0.25, 0.3) is 0 Å². The Hall–Kier alpha value is -1.99. The number of nitrogens with two attached hydrogens (primary N) is 1. The summed E-state index contributed by atoms with van der Waals surface area (Å²) in [6.07, 6.45) is 0.860. The zero-order valence-electron chi connectivity index (χ0n) is 12.9. The van der Waals surface area contributed by atoms with Crippen LogP contribution >= 0.6 is 12.4 Å². The molecule has 0 aliphatic rings. The number of tetrazole rings is 1. The number of rotatable bonds is 5. The van der Waals surface area contributed by atoms with Gasteiger partial charge < -0.3 is 11.1 Å². The number of carbonyl (C=O) groups excluding carboxylic acids is 1. The number of hydrogen-bond donors (Lipinski definition) is 2. The molecule has 0 saturated heterocycles. The molecule has 2 unspecified atom stereocenters. The molecule has 1 aromatic heterocycles. The van der Waals surface area contributed by atoms with E-state index >= 15 is 0 Å². The molecule has 0 aliphatic heterocycles. The van der Waals surface area contributed by atoms with Gasteiger partial charge in [0.1, 0.15) is 0 Å². The number of aromatic nitrogens is 4. The zero-order chi connectivity index (χ0) is 15.4. The Bertz CT molecular complexity index is 629. The van der Waals surface area contributed by atoms with Crippen LogP contribution < -0.4 is 11.1 Å². The fraction of sp³-hybridized carbons (Fsp3) is 0.429. The van der Waals surface area contributed by atoms with Gasteiger partial charge in [-0.3, -0.25) is 4.79 Å². The average Bonchev–Trinajstić information content (AvgIpc) is 2.92. The second kappa shape index (κ2) is 7.86. The molecule has 0 aliphatic carbocycles. The molecule has 0 saturated carbocycles. The van der Waals surface area contributed by atoms with Crippen LogP contribution in [0.2, 0.25) is 0 Å². The molecule has 0 fully saturated rings. The minimum atomic E-state index is -0.520. The topological polar surface area (TPSA) is 98.7 Å². The zero-order valence-corrected chi connectivity index (χ0v) is 13.7. The van der Waals surface area contributed by atoms with E-state index in [2.05, 4.69) is 20.8 Å². The van der Waals surface area contributed by atoms with Gasteiger partial charge in [-0.05, 0) is 41.5 Å². The molecule has 8 heteroatoms. The van der Waals surface area contributed by atoms with E-state index in [1.165, 1.54) is 0 Å². The molecule has 1 heterocycles. The third-order valence-corrected chi connectivity index (χ3v) is 3.54. The van der Waals surface area contributed by atoms with Gasteiger partial charge in [-0.2, -0.15) is 4.68 Å². The third-order valence-electron chi connectivity index (χ3n) is 3.54. The molecule has 7 nitrogen and oxygen atoms in total. The highest BCUT2D eigenvalue weighted by atomic mass is 35.5. The molecule has 120 valence electrons. The van der Waals surface area contributed by atoms with E-state index in [0.29, 0.717) is 11.5 Å². The van der Waals surface area contributed by atoms with Crippen LogP contribution in [0.1, 0.15) is 26.1 Å².